The summed E-state index contributed by atoms with van der Waals surface area (Å²) in [6, 6.07) is 11.3. The van der Waals surface area contributed by atoms with Crippen LogP contribution in [0.3, 0.4) is 0 Å². The Hall–Kier alpha value is -2.77. The molecule has 1 aromatic carbocycles. The van der Waals surface area contributed by atoms with E-state index in [4.69, 9.17) is 16.3 Å². The van der Waals surface area contributed by atoms with Gasteiger partial charge in [0, 0.05) is 18.9 Å². The van der Waals surface area contributed by atoms with E-state index >= 15 is 0 Å². The minimum absolute atomic E-state index is 0.155. The Kier molecular flexibility index (Phi) is 5.13. The highest BCUT2D eigenvalue weighted by atomic mass is 35.5. The van der Waals surface area contributed by atoms with E-state index in [9.17, 15) is 4.79 Å². The number of benzene rings is 1. The van der Waals surface area contributed by atoms with E-state index in [1.165, 1.54) is 12.4 Å². The first-order valence-corrected chi connectivity index (χ1v) is 9.01. The zero-order chi connectivity index (χ0) is 18.6. The highest BCUT2D eigenvalue weighted by Gasteiger charge is 2.32. The van der Waals surface area contributed by atoms with Gasteiger partial charge in [0.2, 0.25) is 0 Å². The lowest BCUT2D eigenvalue weighted by Gasteiger charge is -2.33. The van der Waals surface area contributed by atoms with Crippen LogP contribution >= 0.6 is 11.6 Å². The molecule has 0 radical (unpaired) electrons. The van der Waals surface area contributed by atoms with Crippen molar-refractivity contribution >= 4 is 17.5 Å². The number of nitrogens with zero attached hydrogens (tertiary/aromatic N) is 5. The molecule has 1 fully saturated rings. The first-order valence-electron chi connectivity index (χ1n) is 8.63. The fraction of sp³-hybridized carbons (Fsp3) is 0.263. The summed E-state index contributed by atoms with van der Waals surface area (Å²) < 4.78 is 7.35. The molecule has 1 aliphatic rings. The molecule has 4 rings (SSSR count). The molecule has 0 spiro atoms. The second kappa shape index (κ2) is 7.85. The molecule has 0 saturated carbocycles. The van der Waals surface area contributed by atoms with Gasteiger partial charge in [0.05, 0.1) is 30.3 Å². The van der Waals surface area contributed by atoms with Gasteiger partial charge in [-0.05, 0) is 11.6 Å². The van der Waals surface area contributed by atoms with Crippen molar-refractivity contribution in [2.45, 2.75) is 12.6 Å². The summed E-state index contributed by atoms with van der Waals surface area (Å²) in [6.45, 7) is 1.91. The molecular weight excluding hydrogens is 366 g/mol. The highest BCUT2D eigenvalue weighted by molar-refractivity contribution is 6.30. The fourth-order valence-electron chi connectivity index (χ4n) is 3.06. The number of pyridine rings is 1. The number of morpholine rings is 1. The van der Waals surface area contributed by atoms with Crippen molar-refractivity contribution in [2.24, 2.45) is 0 Å². The average molecular weight is 384 g/mol. The number of halogens is 1. The fourth-order valence-corrected chi connectivity index (χ4v) is 3.24. The van der Waals surface area contributed by atoms with Crippen LogP contribution < -0.4 is 0 Å². The largest absolute Gasteiger partial charge is 0.377 e. The first kappa shape index (κ1) is 17.6. The summed E-state index contributed by atoms with van der Waals surface area (Å²) in [6.07, 6.45) is 4.70. The van der Waals surface area contributed by atoms with E-state index < -0.39 is 0 Å². The quantitative estimate of drug-likeness (QED) is 0.692. The van der Waals surface area contributed by atoms with Crippen molar-refractivity contribution in [3.05, 3.63) is 77.1 Å². The number of amides is 1. The van der Waals surface area contributed by atoms with Gasteiger partial charge in [0.1, 0.15) is 12.4 Å². The molecule has 7 nitrogen and oxygen atoms in total. The van der Waals surface area contributed by atoms with E-state index in [0.29, 0.717) is 42.7 Å². The lowest BCUT2D eigenvalue weighted by molar-refractivity contribution is -0.00526. The van der Waals surface area contributed by atoms with Crippen LogP contribution in [0.5, 0.6) is 0 Å². The van der Waals surface area contributed by atoms with Gasteiger partial charge in [-0.3, -0.25) is 9.78 Å². The second-order valence-electron chi connectivity index (χ2n) is 6.27. The van der Waals surface area contributed by atoms with Crippen LogP contribution in [0.15, 0.2) is 55.1 Å². The SMILES string of the molecule is O=C(c1cncc(Cl)c1)N1CCOCC1c1ncn(Cc2ccccc2)n1. The van der Waals surface area contributed by atoms with Gasteiger partial charge in [-0.2, -0.15) is 5.10 Å². The van der Waals surface area contributed by atoms with Crippen LogP contribution in [0.25, 0.3) is 0 Å². The maximum absolute atomic E-state index is 12.9. The molecule has 138 valence electrons. The summed E-state index contributed by atoms with van der Waals surface area (Å²) in [5, 5.41) is 4.99. The van der Waals surface area contributed by atoms with Gasteiger partial charge in [0.25, 0.3) is 5.91 Å². The van der Waals surface area contributed by atoms with Crippen LogP contribution in [-0.4, -0.2) is 50.3 Å². The minimum Gasteiger partial charge on any atom is -0.377 e. The van der Waals surface area contributed by atoms with Crippen molar-refractivity contribution in [1.29, 1.82) is 0 Å². The molecule has 1 atom stereocenters. The molecule has 3 heterocycles. The van der Waals surface area contributed by atoms with E-state index in [2.05, 4.69) is 15.1 Å². The van der Waals surface area contributed by atoms with Crippen molar-refractivity contribution < 1.29 is 9.53 Å². The molecule has 27 heavy (non-hydrogen) atoms. The smallest absolute Gasteiger partial charge is 0.256 e. The molecule has 1 aliphatic heterocycles. The Labute approximate surface area is 161 Å². The molecule has 1 saturated heterocycles. The summed E-state index contributed by atoms with van der Waals surface area (Å²) in [5.41, 5.74) is 1.57. The topological polar surface area (TPSA) is 73.1 Å². The van der Waals surface area contributed by atoms with Gasteiger partial charge in [-0.15, -0.1) is 0 Å². The van der Waals surface area contributed by atoms with Gasteiger partial charge in [-0.25, -0.2) is 9.67 Å². The third-order valence-corrected chi connectivity index (χ3v) is 4.59. The number of carbonyl (C=O) groups excluding carboxylic acids is 1. The van der Waals surface area contributed by atoms with E-state index in [-0.39, 0.29) is 11.9 Å². The molecule has 8 heteroatoms. The maximum atomic E-state index is 12.9. The van der Waals surface area contributed by atoms with Gasteiger partial charge in [-0.1, -0.05) is 41.9 Å². The Balaban J connectivity index is 1.55. The van der Waals surface area contributed by atoms with Crippen LogP contribution in [0.2, 0.25) is 5.02 Å². The first-order chi connectivity index (χ1) is 13.2. The number of aromatic nitrogens is 4. The van der Waals surface area contributed by atoms with Gasteiger partial charge < -0.3 is 9.64 Å². The van der Waals surface area contributed by atoms with E-state index in [1.807, 2.05) is 30.3 Å². The Morgan fingerprint density at radius 1 is 1.26 bits per heavy atom. The van der Waals surface area contributed by atoms with Crippen molar-refractivity contribution in [1.82, 2.24) is 24.6 Å². The number of ether oxygens (including phenoxy) is 1. The lowest BCUT2D eigenvalue weighted by Crippen LogP contribution is -2.44. The number of carbonyl (C=O) groups is 1. The molecule has 1 amide bonds. The standard InChI is InChI=1S/C19H18ClN5O2/c20-16-8-15(9-21-10-16)19(26)25-6-7-27-12-17(25)18-22-13-24(23-18)11-14-4-2-1-3-5-14/h1-5,8-10,13,17H,6-7,11-12H2. The summed E-state index contributed by atoms with van der Waals surface area (Å²) in [7, 11) is 0. The Morgan fingerprint density at radius 2 is 2.11 bits per heavy atom. The zero-order valence-electron chi connectivity index (χ0n) is 14.5. The van der Waals surface area contributed by atoms with Crippen molar-refractivity contribution in [3.8, 4) is 0 Å². The Bertz CT molecular complexity index is 931. The molecule has 1 unspecified atom stereocenters. The summed E-state index contributed by atoms with van der Waals surface area (Å²) in [4.78, 5) is 23.1. The number of hydrogen-bond donors (Lipinski definition) is 0. The van der Waals surface area contributed by atoms with Gasteiger partial charge >= 0.3 is 0 Å². The predicted molar refractivity (Wildman–Crippen MR) is 99.4 cm³/mol. The van der Waals surface area contributed by atoms with E-state index in [1.54, 1.807) is 22.0 Å². The monoisotopic (exact) mass is 383 g/mol. The highest BCUT2D eigenvalue weighted by Crippen LogP contribution is 2.24. The molecule has 2 aromatic heterocycles. The normalized spacial score (nSPS) is 17.1. The lowest BCUT2D eigenvalue weighted by atomic mass is 10.1. The van der Waals surface area contributed by atoms with E-state index in [0.717, 1.165) is 5.56 Å². The van der Waals surface area contributed by atoms with Crippen molar-refractivity contribution in [3.63, 3.8) is 0 Å². The molecule has 0 aliphatic carbocycles. The average Bonchev–Trinajstić information content (AvgIpc) is 3.16. The zero-order valence-corrected chi connectivity index (χ0v) is 15.3. The van der Waals surface area contributed by atoms with Crippen LogP contribution in [0.4, 0.5) is 0 Å². The van der Waals surface area contributed by atoms with Gasteiger partial charge in [0.15, 0.2) is 5.82 Å². The number of rotatable bonds is 4. The molecule has 3 aromatic rings. The molecule has 0 bridgehead atoms. The van der Waals surface area contributed by atoms with Crippen LogP contribution in [-0.2, 0) is 11.3 Å². The molecule has 0 N–H and O–H groups in total. The Morgan fingerprint density at radius 3 is 2.93 bits per heavy atom. The summed E-state index contributed by atoms with van der Waals surface area (Å²) in [5.74, 6) is 0.409. The summed E-state index contributed by atoms with van der Waals surface area (Å²) >= 11 is 5.98. The third-order valence-electron chi connectivity index (χ3n) is 4.38. The minimum atomic E-state index is -0.345. The van der Waals surface area contributed by atoms with Crippen LogP contribution in [0, 0.1) is 0 Å². The second-order valence-corrected chi connectivity index (χ2v) is 6.70. The maximum Gasteiger partial charge on any atom is 0.256 e. The molecular formula is C19H18ClN5O2. The third kappa shape index (κ3) is 3.99. The number of hydrogen-bond acceptors (Lipinski definition) is 5. The van der Waals surface area contributed by atoms with Crippen LogP contribution in [0.1, 0.15) is 27.8 Å². The predicted octanol–water partition coefficient (Wildman–Crippen LogP) is 2.59. The van der Waals surface area contributed by atoms with Crippen molar-refractivity contribution in [2.75, 3.05) is 19.8 Å².